The van der Waals surface area contributed by atoms with E-state index in [0.717, 1.165) is 12.2 Å². The van der Waals surface area contributed by atoms with Crippen molar-refractivity contribution in [1.82, 2.24) is 4.90 Å². The van der Waals surface area contributed by atoms with Crippen LogP contribution in [0, 0.1) is 0 Å². The molecular weight excluding hydrogens is 134 g/mol. The van der Waals surface area contributed by atoms with Crippen LogP contribution in [-0.4, -0.2) is 22.6 Å². The summed E-state index contributed by atoms with van der Waals surface area (Å²) in [6.45, 7) is 0. The molecule has 0 aromatic heterocycles. The molecule has 48 valence electrons. The third kappa shape index (κ3) is 0.678. The van der Waals surface area contributed by atoms with E-state index in [4.69, 9.17) is 0 Å². The van der Waals surface area contributed by atoms with Gasteiger partial charge in [-0.3, -0.25) is 4.79 Å². The highest BCUT2D eigenvalue weighted by Crippen LogP contribution is 2.28. The van der Waals surface area contributed by atoms with Gasteiger partial charge in [0, 0.05) is 18.4 Å². The van der Waals surface area contributed by atoms with Crippen molar-refractivity contribution >= 4 is 17.7 Å². The summed E-state index contributed by atoms with van der Waals surface area (Å²) in [5.41, 5.74) is 0. The zero-order valence-corrected chi connectivity index (χ0v) is 5.73. The summed E-state index contributed by atoms with van der Waals surface area (Å²) in [5, 5.41) is 1.98. The first-order valence-electron chi connectivity index (χ1n) is 2.97. The third-order valence-corrected chi connectivity index (χ3v) is 2.59. The van der Waals surface area contributed by atoms with Gasteiger partial charge < -0.3 is 4.90 Å². The van der Waals surface area contributed by atoms with Crippen molar-refractivity contribution < 1.29 is 4.79 Å². The maximum Gasteiger partial charge on any atom is 0.228 e. The molecule has 1 fully saturated rings. The fraction of sp³-hybridized carbons (Fsp3) is 0.500. The van der Waals surface area contributed by atoms with Crippen molar-refractivity contribution in [2.45, 2.75) is 12.5 Å². The molecule has 1 unspecified atom stereocenters. The largest absolute Gasteiger partial charge is 0.314 e. The van der Waals surface area contributed by atoms with Crippen LogP contribution in [0.5, 0.6) is 0 Å². The molecular formula is C6H7NOS. The Hall–Kier alpha value is -0.440. The minimum Gasteiger partial charge on any atom is -0.314 e. The second kappa shape index (κ2) is 1.77. The number of fused-ring (bicyclic) bond motifs is 1. The fourth-order valence-electron chi connectivity index (χ4n) is 1.12. The van der Waals surface area contributed by atoms with Gasteiger partial charge in [-0.15, -0.1) is 11.8 Å². The summed E-state index contributed by atoms with van der Waals surface area (Å²) in [4.78, 5) is 12.5. The Morgan fingerprint density at radius 1 is 1.78 bits per heavy atom. The predicted octanol–water partition coefficient (Wildman–Crippen LogP) is 0.805. The summed E-state index contributed by atoms with van der Waals surface area (Å²) in [6, 6.07) is 0.521. The van der Waals surface area contributed by atoms with Gasteiger partial charge in [-0.1, -0.05) is 0 Å². The second-order valence-corrected chi connectivity index (χ2v) is 3.22. The molecule has 2 rings (SSSR count). The first-order valence-corrected chi connectivity index (χ1v) is 4.02. The summed E-state index contributed by atoms with van der Waals surface area (Å²) in [7, 11) is 0. The van der Waals surface area contributed by atoms with E-state index in [1.165, 1.54) is 0 Å². The molecule has 0 saturated carbocycles. The molecule has 1 atom stereocenters. The van der Waals surface area contributed by atoms with Gasteiger partial charge in [0.2, 0.25) is 5.91 Å². The highest BCUT2D eigenvalue weighted by molar-refractivity contribution is 8.02. The van der Waals surface area contributed by atoms with E-state index in [1.807, 2.05) is 16.5 Å². The topological polar surface area (TPSA) is 20.3 Å². The predicted molar refractivity (Wildman–Crippen MR) is 36.8 cm³/mol. The standard InChI is InChI=1S/C6H7NOS/c8-6-3-5-4-9-2-1-7(5)6/h1-2,5H,3-4H2. The Labute approximate surface area is 57.9 Å². The van der Waals surface area contributed by atoms with E-state index >= 15 is 0 Å². The molecule has 0 aromatic carbocycles. The van der Waals surface area contributed by atoms with Crippen LogP contribution in [0.15, 0.2) is 11.6 Å². The average Bonchev–Trinajstić information content (AvgIpc) is 1.86. The van der Waals surface area contributed by atoms with Crippen molar-refractivity contribution in [2.75, 3.05) is 5.75 Å². The summed E-state index contributed by atoms with van der Waals surface area (Å²) < 4.78 is 0. The van der Waals surface area contributed by atoms with Crippen molar-refractivity contribution in [3.63, 3.8) is 0 Å². The number of nitrogens with zero attached hydrogens (tertiary/aromatic N) is 1. The quantitative estimate of drug-likeness (QED) is 0.465. The molecule has 0 radical (unpaired) electrons. The second-order valence-electron chi connectivity index (χ2n) is 2.28. The lowest BCUT2D eigenvalue weighted by atomic mass is 10.1. The molecule has 0 spiro atoms. The minimum atomic E-state index is 0.275. The van der Waals surface area contributed by atoms with Gasteiger partial charge in [0.15, 0.2) is 0 Å². The Morgan fingerprint density at radius 3 is 3.22 bits per heavy atom. The molecule has 1 saturated heterocycles. The molecule has 2 aliphatic heterocycles. The first-order chi connectivity index (χ1) is 4.38. The number of hydrogen-bond donors (Lipinski definition) is 0. The van der Waals surface area contributed by atoms with E-state index in [-0.39, 0.29) is 5.91 Å². The molecule has 0 bridgehead atoms. The van der Waals surface area contributed by atoms with Crippen LogP contribution in [-0.2, 0) is 4.79 Å². The first kappa shape index (κ1) is 5.35. The van der Waals surface area contributed by atoms with Gasteiger partial charge in [0.1, 0.15) is 0 Å². The Balaban J connectivity index is 2.16. The SMILES string of the molecule is O=C1CC2CSC=CN12. The maximum atomic E-state index is 10.7. The monoisotopic (exact) mass is 141 g/mol. The smallest absolute Gasteiger partial charge is 0.228 e. The number of β-lactam (4-membered cyclic amide) rings is 1. The van der Waals surface area contributed by atoms with Crippen LogP contribution >= 0.6 is 11.8 Å². The van der Waals surface area contributed by atoms with Gasteiger partial charge in [-0.25, -0.2) is 0 Å². The summed E-state index contributed by atoms with van der Waals surface area (Å²) in [5.74, 6) is 1.36. The lowest BCUT2D eigenvalue weighted by molar-refractivity contribution is -0.140. The molecule has 2 nitrogen and oxygen atoms in total. The van der Waals surface area contributed by atoms with Crippen molar-refractivity contribution in [1.29, 1.82) is 0 Å². The zero-order chi connectivity index (χ0) is 6.27. The van der Waals surface area contributed by atoms with E-state index < -0.39 is 0 Å². The van der Waals surface area contributed by atoms with Gasteiger partial charge in [0.25, 0.3) is 0 Å². The van der Waals surface area contributed by atoms with Gasteiger partial charge in [-0.2, -0.15) is 0 Å². The van der Waals surface area contributed by atoms with Crippen LogP contribution in [0.1, 0.15) is 6.42 Å². The molecule has 0 aliphatic carbocycles. The highest BCUT2D eigenvalue weighted by atomic mass is 32.2. The molecule has 0 N–H and O–H groups in total. The Morgan fingerprint density at radius 2 is 2.67 bits per heavy atom. The highest BCUT2D eigenvalue weighted by Gasteiger charge is 2.35. The number of rotatable bonds is 0. The van der Waals surface area contributed by atoms with Crippen molar-refractivity contribution in [3.05, 3.63) is 11.6 Å². The maximum absolute atomic E-state index is 10.7. The molecule has 3 heteroatoms. The van der Waals surface area contributed by atoms with Crippen LogP contribution in [0.3, 0.4) is 0 Å². The van der Waals surface area contributed by atoms with E-state index in [2.05, 4.69) is 0 Å². The Bertz CT molecular complexity index is 178. The fourth-order valence-corrected chi connectivity index (χ4v) is 1.94. The number of thioether (sulfide) groups is 1. The number of carbonyl (C=O) groups is 1. The summed E-state index contributed by atoms with van der Waals surface area (Å²) in [6.07, 6.45) is 2.64. The average molecular weight is 141 g/mol. The van der Waals surface area contributed by atoms with Crippen molar-refractivity contribution in [2.24, 2.45) is 0 Å². The van der Waals surface area contributed by atoms with Gasteiger partial charge >= 0.3 is 0 Å². The van der Waals surface area contributed by atoms with Gasteiger partial charge in [-0.05, 0) is 5.41 Å². The van der Waals surface area contributed by atoms with E-state index in [9.17, 15) is 4.79 Å². The van der Waals surface area contributed by atoms with Gasteiger partial charge in [0.05, 0.1) is 6.04 Å². The number of hydrogen-bond acceptors (Lipinski definition) is 2. The molecule has 0 aromatic rings. The van der Waals surface area contributed by atoms with E-state index in [0.29, 0.717) is 6.04 Å². The number of amides is 1. The van der Waals surface area contributed by atoms with Crippen molar-refractivity contribution in [3.8, 4) is 0 Å². The minimum absolute atomic E-state index is 0.275. The van der Waals surface area contributed by atoms with Crippen LogP contribution in [0.25, 0.3) is 0 Å². The van der Waals surface area contributed by atoms with Crippen LogP contribution in [0.4, 0.5) is 0 Å². The van der Waals surface area contributed by atoms with Crippen LogP contribution in [0.2, 0.25) is 0 Å². The molecule has 2 aliphatic rings. The lowest BCUT2D eigenvalue weighted by Gasteiger charge is -2.39. The molecule has 1 amide bonds. The van der Waals surface area contributed by atoms with E-state index in [1.54, 1.807) is 11.8 Å². The van der Waals surface area contributed by atoms with Crippen LogP contribution < -0.4 is 0 Å². The third-order valence-electron chi connectivity index (χ3n) is 1.70. The molecule has 9 heavy (non-hydrogen) atoms. The molecule has 2 heterocycles. The lowest BCUT2D eigenvalue weighted by Crippen LogP contribution is -2.51. The normalized spacial score (nSPS) is 31.8. The Kier molecular flexibility index (Phi) is 1.05. The summed E-state index contributed by atoms with van der Waals surface area (Å²) >= 11 is 1.79. The zero-order valence-electron chi connectivity index (χ0n) is 4.91. The number of carbonyl (C=O) groups excluding carboxylic acids is 1.